The van der Waals surface area contributed by atoms with Gasteiger partial charge in [0.1, 0.15) is 0 Å². The van der Waals surface area contributed by atoms with Gasteiger partial charge in [-0.25, -0.2) is 0 Å². The fourth-order valence-electron chi connectivity index (χ4n) is 5.31. The van der Waals surface area contributed by atoms with Gasteiger partial charge in [0.2, 0.25) is 5.91 Å². The van der Waals surface area contributed by atoms with Crippen molar-refractivity contribution in [1.29, 1.82) is 5.26 Å². The zero-order chi connectivity index (χ0) is 21.6. The number of carbonyl (C=O) groups excluding carboxylic acids is 1. The highest BCUT2D eigenvalue weighted by molar-refractivity contribution is 6.62. The van der Waals surface area contributed by atoms with Crippen LogP contribution in [-0.2, 0) is 25.9 Å². The third kappa shape index (κ3) is 3.67. The summed E-state index contributed by atoms with van der Waals surface area (Å²) in [5, 5.41) is 11.6. The van der Waals surface area contributed by atoms with Crippen LogP contribution in [0.3, 0.4) is 0 Å². The molecule has 1 saturated carbocycles. The zero-order valence-corrected chi connectivity index (χ0v) is 18.7. The average Bonchev–Trinajstić information content (AvgIpc) is 3.16. The van der Waals surface area contributed by atoms with E-state index in [1.54, 1.807) is 0 Å². The number of nitrogens with one attached hydrogen (secondary N) is 1. The highest BCUT2D eigenvalue weighted by Crippen LogP contribution is 2.50. The summed E-state index contributed by atoms with van der Waals surface area (Å²) in [6.07, 6.45) is 6.60. The molecule has 1 N–H and O–H groups in total. The van der Waals surface area contributed by atoms with E-state index in [0.717, 1.165) is 44.0 Å². The van der Waals surface area contributed by atoms with Gasteiger partial charge in [0.05, 0.1) is 23.7 Å². The molecule has 3 aliphatic rings. The van der Waals surface area contributed by atoms with Crippen molar-refractivity contribution >= 4 is 18.5 Å². The Labute approximate surface area is 180 Å². The maximum atomic E-state index is 12.4. The lowest BCUT2D eigenvalue weighted by atomic mass is 9.66. The lowest BCUT2D eigenvalue weighted by Crippen LogP contribution is -2.41. The molecular weight excluding hydrogens is 375 g/mol. The lowest BCUT2D eigenvalue weighted by molar-refractivity contribution is -0.126. The predicted octanol–water partition coefficient (Wildman–Crippen LogP) is 3.39. The Hall–Kier alpha value is -1.84. The second-order valence-electron chi connectivity index (χ2n) is 10.3. The number of hydrogen-bond donors (Lipinski definition) is 1. The first-order valence-corrected chi connectivity index (χ1v) is 11.3. The van der Waals surface area contributed by atoms with Crippen molar-refractivity contribution in [3.05, 3.63) is 29.3 Å². The molecule has 1 amide bonds. The van der Waals surface area contributed by atoms with Gasteiger partial charge >= 0.3 is 7.12 Å². The molecule has 0 bridgehead atoms. The Bertz CT molecular complexity index is 850. The van der Waals surface area contributed by atoms with E-state index >= 15 is 0 Å². The summed E-state index contributed by atoms with van der Waals surface area (Å²) >= 11 is 0. The van der Waals surface area contributed by atoms with Gasteiger partial charge in [-0.05, 0) is 88.2 Å². The van der Waals surface area contributed by atoms with Gasteiger partial charge < -0.3 is 14.6 Å². The molecule has 1 aromatic carbocycles. The minimum Gasteiger partial charge on any atom is -0.399 e. The maximum absolute atomic E-state index is 12.4. The molecule has 2 aliphatic carbocycles. The molecule has 0 atom stereocenters. The van der Waals surface area contributed by atoms with Gasteiger partial charge in [-0.15, -0.1) is 0 Å². The van der Waals surface area contributed by atoms with Gasteiger partial charge in [0, 0.05) is 12.5 Å². The molecular formula is C24H33BN2O3. The number of benzene rings is 1. The molecule has 6 heteroatoms. The largest absolute Gasteiger partial charge is 0.494 e. The molecule has 2 fully saturated rings. The van der Waals surface area contributed by atoms with Crippen LogP contribution in [-0.4, -0.2) is 30.8 Å². The monoisotopic (exact) mass is 408 g/mol. The second-order valence-corrected chi connectivity index (χ2v) is 10.3. The third-order valence-corrected chi connectivity index (χ3v) is 7.95. The van der Waals surface area contributed by atoms with E-state index in [9.17, 15) is 4.79 Å². The number of rotatable bonds is 4. The smallest absolute Gasteiger partial charge is 0.399 e. The summed E-state index contributed by atoms with van der Waals surface area (Å²) in [7, 11) is -0.315. The summed E-state index contributed by atoms with van der Waals surface area (Å²) in [6.45, 7) is 8.81. The summed E-state index contributed by atoms with van der Waals surface area (Å²) < 4.78 is 12.5. The molecule has 1 aromatic rings. The van der Waals surface area contributed by atoms with Crippen molar-refractivity contribution in [2.45, 2.75) is 89.3 Å². The van der Waals surface area contributed by atoms with Crippen molar-refractivity contribution in [1.82, 2.24) is 5.32 Å². The van der Waals surface area contributed by atoms with Gasteiger partial charge in [-0.2, -0.15) is 5.26 Å². The van der Waals surface area contributed by atoms with Crippen LogP contribution in [0.4, 0.5) is 0 Å². The Morgan fingerprint density at radius 3 is 2.47 bits per heavy atom. The van der Waals surface area contributed by atoms with E-state index in [4.69, 9.17) is 14.6 Å². The molecule has 0 unspecified atom stereocenters. The van der Waals surface area contributed by atoms with Crippen LogP contribution in [0.1, 0.15) is 77.3 Å². The fraction of sp³-hybridized carbons (Fsp3) is 0.667. The molecule has 1 spiro atoms. The highest BCUT2D eigenvalue weighted by Gasteiger charge is 2.52. The van der Waals surface area contributed by atoms with Gasteiger partial charge in [-0.1, -0.05) is 18.2 Å². The topological polar surface area (TPSA) is 71.3 Å². The molecule has 30 heavy (non-hydrogen) atoms. The quantitative estimate of drug-likeness (QED) is 0.613. The molecule has 5 nitrogen and oxygen atoms in total. The van der Waals surface area contributed by atoms with Crippen LogP contribution < -0.4 is 10.8 Å². The molecule has 160 valence electrons. The first-order chi connectivity index (χ1) is 14.2. The number of nitrogens with zero attached hydrogens (tertiary/aromatic N) is 1. The Balaban J connectivity index is 1.44. The summed E-state index contributed by atoms with van der Waals surface area (Å²) in [6, 6.07) is 8.83. The van der Waals surface area contributed by atoms with E-state index in [0.29, 0.717) is 13.0 Å². The number of fused-ring (bicyclic) bond motifs is 2. The summed E-state index contributed by atoms with van der Waals surface area (Å²) in [5.74, 6) is 0.205. The lowest BCUT2D eigenvalue weighted by Gasteiger charge is -2.37. The van der Waals surface area contributed by atoms with Crippen molar-refractivity contribution < 1.29 is 14.1 Å². The standard InChI is InChI=1S/C24H33BN2O3/c1-22(2)23(3,4)30-25(29-22)19-6-7-20-18(16-19)10-13-24(20)11-8-17(9-12-24)21(28)27-15-5-14-26/h6-7,16-17H,5,8-13,15H2,1-4H3,(H,27,28). The number of aryl methyl sites for hydroxylation is 1. The molecule has 1 saturated heterocycles. The highest BCUT2D eigenvalue weighted by atomic mass is 16.7. The normalized spacial score (nSPS) is 28.9. The van der Waals surface area contributed by atoms with Gasteiger partial charge in [-0.3, -0.25) is 4.79 Å². The Morgan fingerprint density at radius 2 is 1.83 bits per heavy atom. The molecule has 1 heterocycles. The SMILES string of the molecule is CC1(C)OB(c2ccc3c(c2)CCC32CCC(C(=O)NCCC#N)CC2)OC1(C)C. The minimum atomic E-state index is -0.329. The van der Waals surface area contributed by atoms with E-state index in [-0.39, 0.29) is 35.6 Å². The number of hydrogen-bond acceptors (Lipinski definition) is 4. The van der Waals surface area contributed by atoms with Crippen molar-refractivity contribution in [3.8, 4) is 6.07 Å². The van der Waals surface area contributed by atoms with Gasteiger partial charge in [0.25, 0.3) is 0 Å². The van der Waals surface area contributed by atoms with Crippen LogP contribution in [0.2, 0.25) is 0 Å². The van der Waals surface area contributed by atoms with Gasteiger partial charge in [0.15, 0.2) is 0 Å². The molecule has 0 aromatic heterocycles. The number of nitriles is 1. The van der Waals surface area contributed by atoms with Crippen molar-refractivity contribution in [2.75, 3.05) is 6.54 Å². The zero-order valence-electron chi connectivity index (χ0n) is 18.7. The molecule has 1 aliphatic heterocycles. The average molecular weight is 408 g/mol. The van der Waals surface area contributed by atoms with Crippen LogP contribution in [0.15, 0.2) is 18.2 Å². The predicted molar refractivity (Wildman–Crippen MR) is 117 cm³/mol. The minimum absolute atomic E-state index is 0.0855. The maximum Gasteiger partial charge on any atom is 0.494 e. The number of amides is 1. The van der Waals surface area contributed by atoms with E-state index in [1.807, 2.05) is 0 Å². The van der Waals surface area contributed by atoms with Crippen LogP contribution >= 0.6 is 0 Å². The van der Waals surface area contributed by atoms with Crippen molar-refractivity contribution in [3.63, 3.8) is 0 Å². The van der Waals surface area contributed by atoms with E-state index < -0.39 is 0 Å². The first-order valence-electron chi connectivity index (χ1n) is 11.3. The Morgan fingerprint density at radius 1 is 1.17 bits per heavy atom. The van der Waals surface area contributed by atoms with Crippen LogP contribution in [0.5, 0.6) is 0 Å². The van der Waals surface area contributed by atoms with E-state index in [1.165, 1.54) is 11.1 Å². The fourth-order valence-corrected chi connectivity index (χ4v) is 5.31. The third-order valence-electron chi connectivity index (χ3n) is 7.95. The summed E-state index contributed by atoms with van der Waals surface area (Å²) in [4.78, 5) is 12.4. The molecule has 4 rings (SSSR count). The Kier molecular flexibility index (Phi) is 5.49. The van der Waals surface area contributed by atoms with E-state index in [2.05, 4.69) is 57.3 Å². The van der Waals surface area contributed by atoms with Crippen molar-refractivity contribution in [2.24, 2.45) is 5.92 Å². The number of carbonyl (C=O) groups is 1. The summed E-state index contributed by atoms with van der Waals surface area (Å²) in [5.41, 5.74) is 3.54. The van der Waals surface area contributed by atoms with Crippen LogP contribution in [0, 0.1) is 17.2 Å². The second kappa shape index (κ2) is 7.69. The molecule has 0 radical (unpaired) electrons. The van der Waals surface area contributed by atoms with Crippen LogP contribution in [0.25, 0.3) is 0 Å². The first kappa shape index (κ1) is 21.4.